The number of nitrogens with one attached hydrogen (secondary N) is 2. The number of amides is 1. The SMILES string of the molecule is CN(C1CCNC1)S(=O)(=O)c1ccc2c(c1)C(=O)NCC2. The molecular formula is C14H19N3O3S. The lowest BCUT2D eigenvalue weighted by molar-refractivity contribution is 0.0945. The van der Waals surface area contributed by atoms with Gasteiger partial charge in [0.15, 0.2) is 0 Å². The van der Waals surface area contributed by atoms with Crippen molar-refractivity contribution in [2.75, 3.05) is 26.7 Å². The van der Waals surface area contributed by atoms with Gasteiger partial charge >= 0.3 is 0 Å². The molecule has 1 aromatic rings. The summed E-state index contributed by atoms with van der Waals surface area (Å²) < 4.78 is 26.8. The number of carbonyl (C=O) groups excluding carboxylic acids is 1. The Balaban J connectivity index is 1.95. The summed E-state index contributed by atoms with van der Waals surface area (Å²) in [4.78, 5) is 12.0. The van der Waals surface area contributed by atoms with Crippen molar-refractivity contribution in [1.82, 2.24) is 14.9 Å². The third-order valence-corrected chi connectivity index (χ3v) is 6.14. The first kappa shape index (κ1) is 14.5. The fourth-order valence-electron chi connectivity index (χ4n) is 2.86. The number of hydrogen-bond donors (Lipinski definition) is 2. The molecule has 1 fully saturated rings. The van der Waals surface area contributed by atoms with Crippen molar-refractivity contribution in [2.24, 2.45) is 0 Å². The van der Waals surface area contributed by atoms with E-state index in [4.69, 9.17) is 0 Å². The highest BCUT2D eigenvalue weighted by atomic mass is 32.2. The van der Waals surface area contributed by atoms with Crippen molar-refractivity contribution in [1.29, 1.82) is 0 Å². The van der Waals surface area contributed by atoms with Crippen LogP contribution in [0.1, 0.15) is 22.3 Å². The van der Waals surface area contributed by atoms with Gasteiger partial charge in [0.1, 0.15) is 0 Å². The highest BCUT2D eigenvalue weighted by molar-refractivity contribution is 7.89. The molecular weight excluding hydrogens is 290 g/mol. The molecule has 2 heterocycles. The first-order valence-electron chi connectivity index (χ1n) is 7.10. The topological polar surface area (TPSA) is 78.5 Å². The fraction of sp³-hybridized carbons (Fsp3) is 0.500. The van der Waals surface area contributed by atoms with Crippen LogP contribution in [-0.2, 0) is 16.4 Å². The lowest BCUT2D eigenvalue weighted by Crippen LogP contribution is -2.38. The summed E-state index contributed by atoms with van der Waals surface area (Å²) in [6.07, 6.45) is 1.55. The minimum absolute atomic E-state index is 0.0279. The number of carbonyl (C=O) groups is 1. The predicted octanol–water partition coefficient (Wildman–Crippen LogP) is -0.0451. The van der Waals surface area contributed by atoms with Crippen LogP contribution in [0.5, 0.6) is 0 Å². The molecule has 0 spiro atoms. The van der Waals surface area contributed by atoms with Gasteiger partial charge in [0.25, 0.3) is 5.91 Å². The Hall–Kier alpha value is -1.44. The molecule has 1 aromatic carbocycles. The first-order valence-corrected chi connectivity index (χ1v) is 8.54. The Morgan fingerprint density at radius 2 is 2.10 bits per heavy atom. The van der Waals surface area contributed by atoms with E-state index in [1.54, 1.807) is 19.2 Å². The summed E-state index contributed by atoms with van der Waals surface area (Å²) >= 11 is 0. The molecule has 0 aromatic heterocycles. The lowest BCUT2D eigenvalue weighted by Gasteiger charge is -2.24. The highest BCUT2D eigenvalue weighted by Gasteiger charge is 2.31. The van der Waals surface area contributed by atoms with Crippen molar-refractivity contribution in [3.63, 3.8) is 0 Å². The second-order valence-corrected chi connectivity index (χ2v) is 7.49. The number of fused-ring (bicyclic) bond motifs is 1. The van der Waals surface area contributed by atoms with Gasteiger partial charge in [0, 0.05) is 31.7 Å². The van der Waals surface area contributed by atoms with Gasteiger partial charge in [-0.2, -0.15) is 4.31 Å². The van der Waals surface area contributed by atoms with Crippen LogP contribution in [0.3, 0.4) is 0 Å². The number of rotatable bonds is 3. The van der Waals surface area contributed by atoms with Crippen LogP contribution < -0.4 is 10.6 Å². The second-order valence-electron chi connectivity index (χ2n) is 5.49. The average molecular weight is 309 g/mol. The van der Waals surface area contributed by atoms with Crippen LogP contribution in [0, 0.1) is 0 Å². The molecule has 1 amide bonds. The molecule has 6 nitrogen and oxygen atoms in total. The first-order chi connectivity index (χ1) is 10.00. The predicted molar refractivity (Wildman–Crippen MR) is 78.7 cm³/mol. The molecule has 1 unspecified atom stereocenters. The van der Waals surface area contributed by atoms with Gasteiger partial charge in [0.2, 0.25) is 10.0 Å². The van der Waals surface area contributed by atoms with Gasteiger partial charge in [-0.15, -0.1) is 0 Å². The summed E-state index contributed by atoms with van der Waals surface area (Å²) in [7, 11) is -1.96. The van der Waals surface area contributed by atoms with E-state index < -0.39 is 10.0 Å². The Morgan fingerprint density at radius 1 is 1.29 bits per heavy atom. The second kappa shape index (κ2) is 5.40. The summed E-state index contributed by atoms with van der Waals surface area (Å²) in [5, 5.41) is 5.91. The fourth-order valence-corrected chi connectivity index (χ4v) is 4.28. The minimum atomic E-state index is -3.57. The smallest absolute Gasteiger partial charge is 0.251 e. The van der Waals surface area contributed by atoms with Crippen LogP contribution in [0.15, 0.2) is 23.1 Å². The Bertz CT molecular complexity index is 666. The van der Waals surface area contributed by atoms with Crippen LogP contribution in [0.25, 0.3) is 0 Å². The molecule has 2 aliphatic heterocycles. The highest BCUT2D eigenvalue weighted by Crippen LogP contribution is 2.23. The van der Waals surface area contributed by atoms with Gasteiger partial charge in [-0.3, -0.25) is 4.79 Å². The van der Waals surface area contributed by atoms with Gasteiger partial charge in [-0.25, -0.2) is 8.42 Å². The number of likely N-dealkylation sites (N-methyl/N-ethyl adjacent to an activating group) is 1. The molecule has 2 N–H and O–H groups in total. The molecule has 1 atom stereocenters. The van der Waals surface area contributed by atoms with E-state index in [9.17, 15) is 13.2 Å². The van der Waals surface area contributed by atoms with Gasteiger partial charge < -0.3 is 10.6 Å². The van der Waals surface area contributed by atoms with E-state index in [1.807, 2.05) is 0 Å². The Morgan fingerprint density at radius 3 is 2.81 bits per heavy atom. The quantitative estimate of drug-likeness (QED) is 0.821. The molecule has 1 saturated heterocycles. The molecule has 0 radical (unpaired) electrons. The monoisotopic (exact) mass is 309 g/mol. The zero-order chi connectivity index (χ0) is 15.0. The minimum Gasteiger partial charge on any atom is -0.352 e. The Kier molecular flexibility index (Phi) is 3.73. The normalized spacial score (nSPS) is 22.2. The molecule has 21 heavy (non-hydrogen) atoms. The summed E-state index contributed by atoms with van der Waals surface area (Å²) in [6, 6.07) is 4.82. The molecule has 0 bridgehead atoms. The van der Waals surface area contributed by atoms with E-state index in [2.05, 4.69) is 10.6 Å². The molecule has 7 heteroatoms. The zero-order valence-electron chi connectivity index (χ0n) is 11.9. The third-order valence-electron chi connectivity index (χ3n) is 4.23. The largest absolute Gasteiger partial charge is 0.352 e. The van der Waals surface area contributed by atoms with Crippen LogP contribution in [-0.4, -0.2) is 51.4 Å². The van der Waals surface area contributed by atoms with Crippen LogP contribution in [0.2, 0.25) is 0 Å². The zero-order valence-corrected chi connectivity index (χ0v) is 12.7. The maximum absolute atomic E-state index is 12.7. The molecule has 2 aliphatic rings. The van der Waals surface area contributed by atoms with Crippen LogP contribution >= 0.6 is 0 Å². The summed E-state index contributed by atoms with van der Waals surface area (Å²) in [5.74, 6) is -0.196. The lowest BCUT2D eigenvalue weighted by atomic mass is 10.0. The van der Waals surface area contributed by atoms with Crippen molar-refractivity contribution in [2.45, 2.75) is 23.8 Å². The summed E-state index contributed by atoms with van der Waals surface area (Å²) in [5.41, 5.74) is 1.38. The third kappa shape index (κ3) is 2.56. The van der Waals surface area contributed by atoms with Gasteiger partial charge in [-0.05, 0) is 37.1 Å². The standard InChI is InChI=1S/C14H19N3O3S/c1-17(11-5-6-15-9-11)21(19,20)12-3-2-10-4-7-16-14(18)13(10)8-12/h2-3,8,11,15H,4-7,9H2,1H3,(H,16,18). The number of benzene rings is 1. The number of nitrogens with zero attached hydrogens (tertiary/aromatic N) is 1. The van der Waals surface area contributed by atoms with Crippen molar-refractivity contribution < 1.29 is 13.2 Å². The van der Waals surface area contributed by atoms with Gasteiger partial charge in [0.05, 0.1) is 4.90 Å². The van der Waals surface area contributed by atoms with E-state index >= 15 is 0 Å². The summed E-state index contributed by atoms with van der Waals surface area (Å²) in [6.45, 7) is 2.10. The molecule has 114 valence electrons. The Labute approximate surface area is 124 Å². The molecule has 3 rings (SSSR count). The van der Waals surface area contributed by atoms with E-state index in [0.29, 0.717) is 18.7 Å². The van der Waals surface area contributed by atoms with E-state index in [1.165, 1.54) is 10.4 Å². The van der Waals surface area contributed by atoms with E-state index in [-0.39, 0.29) is 16.8 Å². The maximum Gasteiger partial charge on any atom is 0.251 e. The van der Waals surface area contributed by atoms with Crippen molar-refractivity contribution >= 4 is 15.9 Å². The maximum atomic E-state index is 12.7. The number of sulfonamides is 1. The number of hydrogen-bond acceptors (Lipinski definition) is 4. The van der Waals surface area contributed by atoms with Gasteiger partial charge in [-0.1, -0.05) is 6.07 Å². The van der Waals surface area contributed by atoms with Crippen molar-refractivity contribution in [3.8, 4) is 0 Å². The van der Waals surface area contributed by atoms with Crippen molar-refractivity contribution in [3.05, 3.63) is 29.3 Å². The average Bonchev–Trinajstić information content (AvgIpc) is 3.00. The van der Waals surface area contributed by atoms with E-state index in [0.717, 1.165) is 24.9 Å². The molecule has 0 saturated carbocycles. The van der Waals surface area contributed by atoms with Crippen LogP contribution in [0.4, 0.5) is 0 Å². The molecule has 0 aliphatic carbocycles.